The number of fused-ring (bicyclic) bond motifs is 1. The van der Waals surface area contributed by atoms with E-state index in [9.17, 15) is 4.79 Å². The molecular weight excluding hydrogens is 268 g/mol. The van der Waals surface area contributed by atoms with Gasteiger partial charge < -0.3 is 0 Å². The molecule has 0 saturated heterocycles. The second-order valence-corrected chi connectivity index (χ2v) is 5.21. The second kappa shape index (κ2) is 5.10. The predicted molar refractivity (Wildman–Crippen MR) is 84.4 cm³/mol. The first-order chi connectivity index (χ1) is 9.66. The summed E-state index contributed by atoms with van der Waals surface area (Å²) in [4.78, 5) is 11.8. The molecule has 3 rings (SSSR count). The standard InChI is InChI=1S/C18H13ClO/c1-12(20)15-10-9-14(19)11-18(15)17-8-4-6-13-5-2-3-7-16(13)17/h2-11H,1H3. The van der Waals surface area contributed by atoms with Crippen LogP contribution in [0.25, 0.3) is 21.9 Å². The Morgan fingerprint density at radius 1 is 0.900 bits per heavy atom. The fourth-order valence-corrected chi connectivity index (χ4v) is 2.68. The number of carbonyl (C=O) groups excluding carboxylic acids is 1. The number of hydrogen-bond acceptors (Lipinski definition) is 1. The molecule has 0 aliphatic carbocycles. The van der Waals surface area contributed by atoms with E-state index in [1.54, 1.807) is 19.1 Å². The molecule has 0 N–H and O–H groups in total. The van der Waals surface area contributed by atoms with E-state index in [4.69, 9.17) is 11.6 Å². The van der Waals surface area contributed by atoms with Crippen LogP contribution in [0.4, 0.5) is 0 Å². The van der Waals surface area contributed by atoms with Crippen molar-refractivity contribution < 1.29 is 4.79 Å². The maximum absolute atomic E-state index is 11.8. The summed E-state index contributed by atoms with van der Waals surface area (Å²) < 4.78 is 0. The number of halogens is 1. The molecule has 3 aromatic rings. The Bertz CT molecular complexity index is 800. The average molecular weight is 281 g/mol. The lowest BCUT2D eigenvalue weighted by atomic mass is 9.93. The first kappa shape index (κ1) is 12.9. The Kier molecular flexibility index (Phi) is 3.29. The van der Waals surface area contributed by atoms with Gasteiger partial charge in [0.15, 0.2) is 5.78 Å². The normalized spacial score (nSPS) is 10.7. The summed E-state index contributed by atoms with van der Waals surface area (Å²) in [5.41, 5.74) is 2.63. The summed E-state index contributed by atoms with van der Waals surface area (Å²) in [6.45, 7) is 1.58. The van der Waals surface area contributed by atoms with Crippen LogP contribution in [-0.4, -0.2) is 5.78 Å². The molecule has 0 heterocycles. The molecule has 0 bridgehead atoms. The zero-order valence-electron chi connectivity index (χ0n) is 11.1. The highest BCUT2D eigenvalue weighted by Gasteiger charge is 2.12. The maximum Gasteiger partial charge on any atom is 0.160 e. The number of rotatable bonds is 2. The van der Waals surface area contributed by atoms with Gasteiger partial charge in [0, 0.05) is 10.6 Å². The van der Waals surface area contributed by atoms with E-state index in [0.717, 1.165) is 21.9 Å². The zero-order chi connectivity index (χ0) is 14.1. The van der Waals surface area contributed by atoms with E-state index in [1.165, 1.54) is 0 Å². The molecule has 0 amide bonds. The molecule has 0 radical (unpaired) electrons. The van der Waals surface area contributed by atoms with Gasteiger partial charge in [-0.3, -0.25) is 4.79 Å². The van der Waals surface area contributed by atoms with Gasteiger partial charge in [0.1, 0.15) is 0 Å². The van der Waals surface area contributed by atoms with Gasteiger partial charge in [-0.05, 0) is 47.0 Å². The van der Waals surface area contributed by atoms with Crippen LogP contribution in [0.5, 0.6) is 0 Å². The Labute approximate surface area is 122 Å². The van der Waals surface area contributed by atoms with E-state index < -0.39 is 0 Å². The lowest BCUT2D eigenvalue weighted by Crippen LogP contribution is -1.96. The van der Waals surface area contributed by atoms with E-state index in [2.05, 4.69) is 18.2 Å². The fraction of sp³-hybridized carbons (Fsp3) is 0.0556. The van der Waals surface area contributed by atoms with Crippen LogP contribution in [0.2, 0.25) is 5.02 Å². The topological polar surface area (TPSA) is 17.1 Å². The molecule has 3 aromatic carbocycles. The fourth-order valence-electron chi connectivity index (χ4n) is 2.51. The first-order valence-electron chi connectivity index (χ1n) is 6.45. The van der Waals surface area contributed by atoms with Gasteiger partial charge in [0.25, 0.3) is 0 Å². The van der Waals surface area contributed by atoms with Crippen LogP contribution in [-0.2, 0) is 0 Å². The van der Waals surface area contributed by atoms with Gasteiger partial charge >= 0.3 is 0 Å². The first-order valence-corrected chi connectivity index (χ1v) is 6.83. The summed E-state index contributed by atoms with van der Waals surface area (Å²) in [5.74, 6) is 0.0459. The van der Waals surface area contributed by atoms with Crippen LogP contribution in [0.15, 0.2) is 60.7 Å². The highest BCUT2D eigenvalue weighted by atomic mass is 35.5. The monoisotopic (exact) mass is 280 g/mol. The minimum atomic E-state index is 0.0459. The Balaban J connectivity index is 2.36. The molecule has 0 saturated carbocycles. The summed E-state index contributed by atoms with van der Waals surface area (Å²) in [6, 6.07) is 19.7. The van der Waals surface area contributed by atoms with E-state index in [0.29, 0.717) is 10.6 Å². The number of hydrogen-bond donors (Lipinski definition) is 0. The van der Waals surface area contributed by atoms with Crippen LogP contribution < -0.4 is 0 Å². The molecule has 98 valence electrons. The molecule has 0 fully saturated rings. The molecular formula is C18H13ClO. The minimum absolute atomic E-state index is 0.0459. The van der Waals surface area contributed by atoms with Crippen LogP contribution in [0.1, 0.15) is 17.3 Å². The van der Waals surface area contributed by atoms with Crippen molar-refractivity contribution in [3.63, 3.8) is 0 Å². The van der Waals surface area contributed by atoms with Crippen LogP contribution >= 0.6 is 11.6 Å². The van der Waals surface area contributed by atoms with E-state index in [-0.39, 0.29) is 5.78 Å². The molecule has 2 heteroatoms. The van der Waals surface area contributed by atoms with E-state index in [1.807, 2.05) is 30.3 Å². The number of ketones is 1. The largest absolute Gasteiger partial charge is 0.294 e. The molecule has 20 heavy (non-hydrogen) atoms. The van der Waals surface area contributed by atoms with Crippen molar-refractivity contribution >= 4 is 28.2 Å². The Morgan fingerprint density at radius 3 is 2.45 bits per heavy atom. The molecule has 1 nitrogen and oxygen atoms in total. The molecule has 0 atom stereocenters. The van der Waals surface area contributed by atoms with Crippen LogP contribution in [0, 0.1) is 0 Å². The van der Waals surface area contributed by atoms with Gasteiger partial charge in [0.2, 0.25) is 0 Å². The number of benzene rings is 3. The van der Waals surface area contributed by atoms with E-state index >= 15 is 0 Å². The molecule has 0 aromatic heterocycles. The van der Waals surface area contributed by atoms with Gasteiger partial charge in [-0.15, -0.1) is 0 Å². The van der Waals surface area contributed by atoms with Crippen molar-refractivity contribution in [3.8, 4) is 11.1 Å². The Hall–Kier alpha value is -2.12. The quantitative estimate of drug-likeness (QED) is 0.577. The number of carbonyl (C=O) groups is 1. The van der Waals surface area contributed by atoms with Crippen molar-refractivity contribution in [1.29, 1.82) is 0 Å². The molecule has 0 aliphatic rings. The highest BCUT2D eigenvalue weighted by Crippen LogP contribution is 2.33. The van der Waals surface area contributed by atoms with Crippen molar-refractivity contribution in [3.05, 3.63) is 71.2 Å². The summed E-state index contributed by atoms with van der Waals surface area (Å²) in [5, 5.41) is 2.91. The number of Topliss-reactive ketones (excluding diaryl/α,β-unsaturated/α-hetero) is 1. The predicted octanol–water partition coefficient (Wildman–Crippen LogP) is 5.36. The smallest absolute Gasteiger partial charge is 0.160 e. The lowest BCUT2D eigenvalue weighted by Gasteiger charge is -2.11. The zero-order valence-corrected chi connectivity index (χ0v) is 11.8. The van der Waals surface area contributed by atoms with Crippen molar-refractivity contribution in [2.24, 2.45) is 0 Å². The third kappa shape index (κ3) is 2.21. The minimum Gasteiger partial charge on any atom is -0.294 e. The third-order valence-electron chi connectivity index (χ3n) is 3.44. The summed E-state index contributed by atoms with van der Waals surface area (Å²) in [6.07, 6.45) is 0. The van der Waals surface area contributed by atoms with Crippen LogP contribution in [0.3, 0.4) is 0 Å². The maximum atomic E-state index is 11.8. The molecule has 0 spiro atoms. The van der Waals surface area contributed by atoms with Gasteiger partial charge in [-0.25, -0.2) is 0 Å². The molecule has 0 unspecified atom stereocenters. The summed E-state index contributed by atoms with van der Waals surface area (Å²) >= 11 is 6.11. The SMILES string of the molecule is CC(=O)c1ccc(Cl)cc1-c1cccc2ccccc12. The Morgan fingerprint density at radius 2 is 1.65 bits per heavy atom. The molecule has 0 aliphatic heterocycles. The van der Waals surface area contributed by atoms with Gasteiger partial charge in [0.05, 0.1) is 0 Å². The lowest BCUT2D eigenvalue weighted by molar-refractivity contribution is 0.101. The van der Waals surface area contributed by atoms with Crippen molar-refractivity contribution in [2.75, 3.05) is 0 Å². The average Bonchev–Trinajstić information content (AvgIpc) is 2.46. The van der Waals surface area contributed by atoms with Crippen molar-refractivity contribution in [2.45, 2.75) is 6.92 Å². The second-order valence-electron chi connectivity index (χ2n) is 4.77. The highest BCUT2D eigenvalue weighted by molar-refractivity contribution is 6.31. The van der Waals surface area contributed by atoms with Gasteiger partial charge in [-0.2, -0.15) is 0 Å². The van der Waals surface area contributed by atoms with Crippen molar-refractivity contribution in [1.82, 2.24) is 0 Å². The third-order valence-corrected chi connectivity index (χ3v) is 3.68. The summed E-state index contributed by atoms with van der Waals surface area (Å²) in [7, 11) is 0. The van der Waals surface area contributed by atoms with Gasteiger partial charge in [-0.1, -0.05) is 54.1 Å².